The molecule has 0 amide bonds. The summed E-state index contributed by atoms with van der Waals surface area (Å²) in [5.41, 5.74) is 0. The molecule has 0 aliphatic heterocycles. The second-order valence-electron chi connectivity index (χ2n) is 1.08. The first-order chi connectivity index (χ1) is 2.77. The number of ether oxygens (including phenoxy) is 1. The van der Waals surface area contributed by atoms with Gasteiger partial charge in [-0.15, -0.1) is 0 Å². The van der Waals surface area contributed by atoms with Crippen molar-refractivity contribution in [3.63, 3.8) is 0 Å². The smallest absolute Gasteiger partial charge is 0.0576 e. The van der Waals surface area contributed by atoms with E-state index in [9.17, 15) is 0 Å². The fourth-order valence-corrected chi connectivity index (χ4v) is 0.236. The average Bonchev–Trinajstić information content (AvgIpc) is 1.35. The lowest BCUT2D eigenvalue weighted by Crippen LogP contribution is -2.00. The van der Waals surface area contributed by atoms with Gasteiger partial charge in [0.05, 0.1) is 6.10 Å². The van der Waals surface area contributed by atoms with Gasteiger partial charge in [0.1, 0.15) is 0 Å². The zero-order valence-electron chi connectivity index (χ0n) is 4.11. The topological polar surface area (TPSA) is 9.23 Å². The van der Waals surface area contributed by atoms with Crippen LogP contribution in [0.5, 0.6) is 0 Å². The lowest BCUT2D eigenvalue weighted by atomic mass is 10.5. The highest BCUT2D eigenvalue weighted by molar-refractivity contribution is 4.59. The first-order valence-electron chi connectivity index (χ1n) is 2.05. The normalized spacial score (nSPS) is 10.0. The molecule has 0 N–H and O–H groups in total. The summed E-state index contributed by atoms with van der Waals surface area (Å²) in [7, 11) is 0. The Hall–Kier alpha value is -0.0400. The van der Waals surface area contributed by atoms with Crippen LogP contribution < -0.4 is 0 Å². The van der Waals surface area contributed by atoms with E-state index in [0.717, 1.165) is 0 Å². The average molecular weight is 86.1 g/mol. The summed E-state index contributed by atoms with van der Waals surface area (Å²) >= 11 is 0. The Balaban J connectivity index is 2.63. The van der Waals surface area contributed by atoms with Crippen molar-refractivity contribution >= 4 is 0 Å². The number of hydrogen-bond donors (Lipinski definition) is 0. The first-order valence-corrected chi connectivity index (χ1v) is 2.05. The molecule has 1 nitrogen and oxygen atoms in total. The van der Waals surface area contributed by atoms with Crippen molar-refractivity contribution in [1.82, 2.24) is 0 Å². The Morgan fingerprint density at radius 3 is 2.17 bits per heavy atom. The third-order valence-corrected chi connectivity index (χ3v) is 0.402. The highest BCUT2D eigenvalue weighted by Gasteiger charge is 1.84. The minimum absolute atomic E-state index is 0.102. The Labute approximate surface area is 39.3 Å². The van der Waals surface area contributed by atoms with E-state index >= 15 is 0 Å². The standard InChI is InChI=1S/C5H10O/c1-4-6-5(2)3/h5H,2-4H2,1H3. The van der Waals surface area contributed by atoms with Gasteiger partial charge in [-0.3, -0.25) is 0 Å². The molecule has 0 aliphatic carbocycles. The number of hydrogen-bond acceptors (Lipinski definition) is 1. The molecule has 0 heterocycles. The molecule has 0 rings (SSSR count). The van der Waals surface area contributed by atoms with Crippen LogP contribution in [0.15, 0.2) is 0 Å². The maximum Gasteiger partial charge on any atom is 0.0576 e. The third kappa shape index (κ3) is 3.96. The van der Waals surface area contributed by atoms with E-state index in [0.29, 0.717) is 6.61 Å². The summed E-state index contributed by atoms with van der Waals surface area (Å²) in [5, 5.41) is 0. The van der Waals surface area contributed by atoms with Crippen molar-refractivity contribution in [3.05, 3.63) is 13.8 Å². The second kappa shape index (κ2) is 3.16. The molecule has 2 radical (unpaired) electrons. The largest absolute Gasteiger partial charge is 0.379 e. The van der Waals surface area contributed by atoms with E-state index in [2.05, 4.69) is 13.8 Å². The van der Waals surface area contributed by atoms with E-state index in [1.165, 1.54) is 0 Å². The van der Waals surface area contributed by atoms with Gasteiger partial charge < -0.3 is 4.74 Å². The predicted molar refractivity (Wildman–Crippen MR) is 26.1 cm³/mol. The Kier molecular flexibility index (Phi) is 3.14. The van der Waals surface area contributed by atoms with Crippen molar-refractivity contribution in [2.24, 2.45) is 0 Å². The first kappa shape index (κ1) is 5.96. The van der Waals surface area contributed by atoms with E-state index in [1.807, 2.05) is 6.92 Å². The highest BCUT2D eigenvalue weighted by atomic mass is 16.5. The van der Waals surface area contributed by atoms with Crippen LogP contribution in [0, 0.1) is 13.8 Å². The summed E-state index contributed by atoms with van der Waals surface area (Å²) in [4.78, 5) is 0. The van der Waals surface area contributed by atoms with Crippen LogP contribution in [-0.4, -0.2) is 12.7 Å². The van der Waals surface area contributed by atoms with Crippen molar-refractivity contribution in [1.29, 1.82) is 0 Å². The molecule has 0 aliphatic rings. The lowest BCUT2D eigenvalue weighted by molar-refractivity contribution is 0.124. The molecule has 0 aromatic carbocycles. The predicted octanol–water partition coefficient (Wildman–Crippen LogP) is 1.06. The van der Waals surface area contributed by atoms with Gasteiger partial charge in [-0.25, -0.2) is 0 Å². The minimum atomic E-state index is -0.102. The second-order valence-corrected chi connectivity index (χ2v) is 1.08. The molecule has 0 fully saturated rings. The van der Waals surface area contributed by atoms with Gasteiger partial charge in [-0.1, -0.05) is 0 Å². The van der Waals surface area contributed by atoms with Gasteiger partial charge in [-0.2, -0.15) is 0 Å². The molecular formula is C5H10O. The Bertz CT molecular complexity index is 25.1. The van der Waals surface area contributed by atoms with Crippen molar-refractivity contribution in [3.8, 4) is 0 Å². The molecule has 0 saturated carbocycles. The van der Waals surface area contributed by atoms with Gasteiger partial charge in [0, 0.05) is 6.61 Å². The van der Waals surface area contributed by atoms with Crippen molar-refractivity contribution in [2.75, 3.05) is 6.61 Å². The molecule has 0 atom stereocenters. The van der Waals surface area contributed by atoms with Crippen molar-refractivity contribution < 1.29 is 4.74 Å². The van der Waals surface area contributed by atoms with Crippen LogP contribution in [0.4, 0.5) is 0 Å². The summed E-state index contributed by atoms with van der Waals surface area (Å²) in [6, 6.07) is 0. The van der Waals surface area contributed by atoms with Crippen molar-refractivity contribution in [2.45, 2.75) is 13.0 Å². The highest BCUT2D eigenvalue weighted by Crippen LogP contribution is 1.81. The summed E-state index contributed by atoms with van der Waals surface area (Å²) < 4.78 is 4.82. The SMILES string of the molecule is [CH2]C([CH2])OCC. The molecule has 0 spiro atoms. The van der Waals surface area contributed by atoms with E-state index in [1.54, 1.807) is 0 Å². The van der Waals surface area contributed by atoms with Gasteiger partial charge in [0.2, 0.25) is 0 Å². The molecule has 0 aromatic heterocycles. The van der Waals surface area contributed by atoms with Crippen LogP contribution in [-0.2, 0) is 4.74 Å². The zero-order valence-corrected chi connectivity index (χ0v) is 4.11. The van der Waals surface area contributed by atoms with Crippen LogP contribution in [0.1, 0.15) is 6.92 Å². The van der Waals surface area contributed by atoms with E-state index in [-0.39, 0.29) is 6.10 Å². The molecule has 0 bridgehead atoms. The molecule has 1 heteroatoms. The lowest BCUT2D eigenvalue weighted by Gasteiger charge is -1.99. The van der Waals surface area contributed by atoms with Crippen LogP contribution in [0.2, 0.25) is 0 Å². The van der Waals surface area contributed by atoms with Crippen LogP contribution in [0.3, 0.4) is 0 Å². The van der Waals surface area contributed by atoms with Gasteiger partial charge >= 0.3 is 0 Å². The fraction of sp³-hybridized carbons (Fsp3) is 0.600. The molecule has 0 aromatic rings. The molecular weight excluding hydrogens is 76.1 g/mol. The molecule has 0 unspecified atom stereocenters. The maximum absolute atomic E-state index is 4.82. The van der Waals surface area contributed by atoms with Gasteiger partial charge in [0.15, 0.2) is 0 Å². The molecule has 6 heavy (non-hydrogen) atoms. The fourth-order valence-electron chi connectivity index (χ4n) is 0.236. The Morgan fingerprint density at radius 1 is 1.67 bits per heavy atom. The third-order valence-electron chi connectivity index (χ3n) is 0.402. The monoisotopic (exact) mass is 86.1 g/mol. The molecule has 0 saturated heterocycles. The number of rotatable bonds is 2. The summed E-state index contributed by atoms with van der Waals surface area (Å²) in [6.45, 7) is 9.62. The van der Waals surface area contributed by atoms with Crippen LogP contribution in [0.25, 0.3) is 0 Å². The van der Waals surface area contributed by atoms with Gasteiger partial charge in [0.25, 0.3) is 0 Å². The Morgan fingerprint density at radius 2 is 2.17 bits per heavy atom. The van der Waals surface area contributed by atoms with Gasteiger partial charge in [-0.05, 0) is 20.8 Å². The minimum Gasteiger partial charge on any atom is -0.379 e. The van der Waals surface area contributed by atoms with E-state index < -0.39 is 0 Å². The van der Waals surface area contributed by atoms with E-state index in [4.69, 9.17) is 4.74 Å². The summed E-state index contributed by atoms with van der Waals surface area (Å²) in [6.07, 6.45) is -0.102. The molecule has 36 valence electrons. The zero-order chi connectivity index (χ0) is 4.99. The summed E-state index contributed by atoms with van der Waals surface area (Å²) in [5.74, 6) is 0. The maximum atomic E-state index is 4.82. The van der Waals surface area contributed by atoms with Crippen LogP contribution >= 0.6 is 0 Å². The quantitative estimate of drug-likeness (QED) is 0.488.